The molecule has 2 N–H and O–H groups in total. The van der Waals surface area contributed by atoms with Crippen LogP contribution in [-0.2, 0) is 11.2 Å². The van der Waals surface area contributed by atoms with Gasteiger partial charge in [0.1, 0.15) is 23.2 Å². The van der Waals surface area contributed by atoms with Crippen LogP contribution in [0.15, 0.2) is 72.9 Å². The van der Waals surface area contributed by atoms with Crippen LogP contribution in [0.4, 0.5) is 18.9 Å². The molecule has 0 aliphatic carbocycles. The molecule has 1 aromatic heterocycles. The summed E-state index contributed by atoms with van der Waals surface area (Å²) in [4.78, 5) is 16.9. The molecule has 9 heteroatoms. The minimum absolute atomic E-state index is 0.0136. The van der Waals surface area contributed by atoms with Crippen molar-refractivity contribution < 1.29 is 27.4 Å². The Labute approximate surface area is 188 Å². The van der Waals surface area contributed by atoms with Gasteiger partial charge < -0.3 is 20.1 Å². The normalized spacial score (nSPS) is 18.4. The van der Waals surface area contributed by atoms with Crippen LogP contribution in [-0.4, -0.2) is 29.9 Å². The lowest BCUT2D eigenvalue weighted by Crippen LogP contribution is -2.42. The summed E-state index contributed by atoms with van der Waals surface area (Å²) in [5, 5.41) is 6.39. The van der Waals surface area contributed by atoms with Gasteiger partial charge in [0.2, 0.25) is 5.91 Å². The number of aromatic nitrogens is 1. The van der Waals surface area contributed by atoms with Crippen molar-refractivity contribution in [3.05, 3.63) is 84.2 Å². The van der Waals surface area contributed by atoms with Crippen LogP contribution in [0.1, 0.15) is 23.7 Å². The molecule has 3 heterocycles. The summed E-state index contributed by atoms with van der Waals surface area (Å²) in [5.74, 6) is 0.585. The zero-order chi connectivity index (χ0) is 23.3. The fourth-order valence-corrected chi connectivity index (χ4v) is 3.70. The molecule has 0 saturated carbocycles. The fraction of sp³-hybridized carbons (Fsp3) is 0.250. The number of benzene rings is 2. The highest BCUT2D eigenvalue weighted by molar-refractivity contribution is 5.87. The van der Waals surface area contributed by atoms with Crippen molar-refractivity contribution in [2.24, 2.45) is 0 Å². The van der Waals surface area contributed by atoms with Crippen molar-refractivity contribution in [2.75, 3.05) is 11.9 Å². The molecule has 0 fully saturated rings. The lowest BCUT2D eigenvalue weighted by molar-refractivity contribution is -0.274. The molecule has 1 amide bonds. The van der Waals surface area contributed by atoms with Crippen LogP contribution in [0.25, 0.3) is 0 Å². The molecule has 2 aromatic carbocycles. The summed E-state index contributed by atoms with van der Waals surface area (Å²) in [6.07, 6.45) is -1.40. The number of carbonyl (C=O) groups is 1. The van der Waals surface area contributed by atoms with Crippen molar-refractivity contribution >= 4 is 11.6 Å². The average Bonchev–Trinajstić information content (AvgIpc) is 3.24. The molecule has 33 heavy (non-hydrogen) atoms. The number of para-hydroxylation sites is 2. The van der Waals surface area contributed by atoms with E-state index in [1.807, 2.05) is 30.3 Å². The monoisotopic (exact) mass is 457 g/mol. The van der Waals surface area contributed by atoms with Crippen molar-refractivity contribution in [1.82, 2.24) is 10.3 Å². The third-order valence-electron chi connectivity index (χ3n) is 5.17. The van der Waals surface area contributed by atoms with Crippen LogP contribution in [0, 0.1) is 0 Å². The minimum Gasteiger partial charge on any atom is -0.491 e. The summed E-state index contributed by atoms with van der Waals surface area (Å²) in [7, 11) is 0. The van der Waals surface area contributed by atoms with Gasteiger partial charge in [-0.3, -0.25) is 9.78 Å². The quantitative estimate of drug-likeness (QED) is 0.600. The molecule has 172 valence electrons. The molecule has 2 atom stereocenters. The fourth-order valence-electron chi connectivity index (χ4n) is 3.70. The van der Waals surface area contributed by atoms with E-state index in [9.17, 15) is 18.0 Å². The van der Waals surface area contributed by atoms with Gasteiger partial charge in [-0.05, 0) is 35.9 Å². The average molecular weight is 457 g/mol. The highest BCUT2D eigenvalue weighted by atomic mass is 19.4. The van der Waals surface area contributed by atoms with E-state index in [2.05, 4.69) is 26.4 Å². The number of fused-ring (bicyclic) bond motifs is 2. The first-order chi connectivity index (χ1) is 15.9. The molecule has 0 saturated heterocycles. The molecular formula is C24H22F3N3O3. The Morgan fingerprint density at radius 1 is 1.06 bits per heavy atom. The van der Waals surface area contributed by atoms with E-state index < -0.39 is 6.36 Å². The molecule has 3 aromatic rings. The van der Waals surface area contributed by atoms with Crippen LogP contribution in [0.5, 0.6) is 11.5 Å². The van der Waals surface area contributed by atoms with Gasteiger partial charge in [-0.1, -0.05) is 36.4 Å². The number of halogens is 3. The predicted octanol–water partition coefficient (Wildman–Crippen LogP) is 4.64. The number of rotatable bonds is 3. The van der Waals surface area contributed by atoms with Crippen LogP contribution in [0.2, 0.25) is 0 Å². The first-order valence-electron chi connectivity index (χ1n) is 10.4. The van der Waals surface area contributed by atoms with Crippen molar-refractivity contribution in [1.29, 1.82) is 0 Å². The second-order valence-corrected chi connectivity index (χ2v) is 7.50. The number of nitrogens with zero attached hydrogens (tertiary/aromatic N) is 1. The van der Waals surface area contributed by atoms with Gasteiger partial charge in [-0.2, -0.15) is 0 Å². The minimum atomic E-state index is -4.60. The molecular weight excluding hydrogens is 435 g/mol. The SMILES string of the molecule is FC(F)(F)Oc1ccccc1.O=C(NC1CCOc2cccnc21)C1Cc2ccccc2N1. The van der Waals surface area contributed by atoms with Gasteiger partial charge in [-0.25, -0.2) is 0 Å². The van der Waals surface area contributed by atoms with Crippen LogP contribution in [0.3, 0.4) is 0 Å². The topological polar surface area (TPSA) is 72.5 Å². The molecule has 0 bridgehead atoms. The number of pyridine rings is 1. The number of nitrogens with one attached hydrogen (secondary N) is 2. The number of carbonyl (C=O) groups excluding carboxylic acids is 1. The third kappa shape index (κ3) is 5.94. The summed E-state index contributed by atoms with van der Waals surface area (Å²) in [6.45, 7) is 0.599. The second-order valence-electron chi connectivity index (χ2n) is 7.50. The zero-order valence-corrected chi connectivity index (χ0v) is 17.5. The maximum atomic E-state index is 12.5. The molecule has 6 nitrogen and oxygen atoms in total. The number of ether oxygens (including phenoxy) is 2. The molecule has 0 radical (unpaired) electrons. The van der Waals surface area contributed by atoms with Gasteiger partial charge in [0, 0.05) is 24.7 Å². The lowest BCUT2D eigenvalue weighted by atomic mass is 10.0. The molecule has 2 aliphatic heterocycles. The number of anilines is 1. The number of amides is 1. The number of hydrogen-bond donors (Lipinski definition) is 2. The molecule has 2 unspecified atom stereocenters. The Kier molecular flexibility index (Phi) is 6.67. The first-order valence-corrected chi connectivity index (χ1v) is 10.4. The summed E-state index contributed by atoms with van der Waals surface area (Å²) in [6, 6.07) is 18.5. The summed E-state index contributed by atoms with van der Waals surface area (Å²) < 4.78 is 43.7. The van der Waals surface area contributed by atoms with E-state index in [0.717, 1.165) is 30.0 Å². The van der Waals surface area contributed by atoms with Crippen molar-refractivity contribution in [3.8, 4) is 11.5 Å². The smallest absolute Gasteiger partial charge is 0.491 e. The highest BCUT2D eigenvalue weighted by Gasteiger charge is 2.31. The standard InChI is InChI=1S/C17H17N3O2.C7H5F3O/c21-17(14-10-11-4-1-2-5-12(11)19-14)20-13-7-9-22-15-6-3-8-18-16(13)15;8-7(9,10)11-6-4-2-1-3-5-6/h1-6,8,13-14,19H,7,9-10H2,(H,20,21);1-5H. The largest absolute Gasteiger partial charge is 0.573 e. The predicted molar refractivity (Wildman–Crippen MR) is 116 cm³/mol. The van der Waals surface area contributed by atoms with Gasteiger partial charge in [0.25, 0.3) is 0 Å². The Morgan fingerprint density at radius 3 is 2.58 bits per heavy atom. The molecule has 0 spiro atoms. The first kappa shape index (κ1) is 22.4. The van der Waals surface area contributed by atoms with E-state index >= 15 is 0 Å². The Morgan fingerprint density at radius 2 is 1.82 bits per heavy atom. The van der Waals surface area contributed by atoms with E-state index in [1.165, 1.54) is 29.8 Å². The Balaban J connectivity index is 0.000000200. The van der Waals surface area contributed by atoms with E-state index in [0.29, 0.717) is 6.61 Å². The third-order valence-corrected chi connectivity index (χ3v) is 5.17. The van der Waals surface area contributed by atoms with Gasteiger partial charge in [-0.15, -0.1) is 13.2 Å². The van der Waals surface area contributed by atoms with Gasteiger partial charge in [0.05, 0.1) is 12.6 Å². The van der Waals surface area contributed by atoms with E-state index in [1.54, 1.807) is 12.3 Å². The zero-order valence-electron chi connectivity index (χ0n) is 17.5. The number of hydrogen-bond acceptors (Lipinski definition) is 5. The van der Waals surface area contributed by atoms with Gasteiger partial charge in [0.15, 0.2) is 0 Å². The van der Waals surface area contributed by atoms with Crippen LogP contribution >= 0.6 is 0 Å². The second kappa shape index (κ2) is 9.81. The molecule has 2 aliphatic rings. The Hall–Kier alpha value is -3.75. The maximum absolute atomic E-state index is 12.5. The highest BCUT2D eigenvalue weighted by Crippen LogP contribution is 2.31. The molecule has 5 rings (SSSR count). The maximum Gasteiger partial charge on any atom is 0.573 e. The lowest BCUT2D eigenvalue weighted by Gasteiger charge is -2.26. The van der Waals surface area contributed by atoms with Gasteiger partial charge >= 0.3 is 6.36 Å². The van der Waals surface area contributed by atoms with E-state index in [-0.39, 0.29) is 23.7 Å². The van der Waals surface area contributed by atoms with Crippen molar-refractivity contribution in [2.45, 2.75) is 31.3 Å². The van der Waals surface area contributed by atoms with Crippen molar-refractivity contribution in [3.63, 3.8) is 0 Å². The Bertz CT molecular complexity index is 1070. The summed E-state index contributed by atoms with van der Waals surface area (Å²) >= 11 is 0. The number of alkyl halides is 3. The van der Waals surface area contributed by atoms with E-state index in [4.69, 9.17) is 4.74 Å². The summed E-state index contributed by atoms with van der Waals surface area (Å²) in [5.41, 5.74) is 3.05. The van der Waals surface area contributed by atoms with Crippen LogP contribution < -0.4 is 20.1 Å².